The lowest BCUT2D eigenvalue weighted by Gasteiger charge is -2.16. The predicted molar refractivity (Wildman–Crippen MR) is 103 cm³/mol. The summed E-state index contributed by atoms with van der Waals surface area (Å²) in [6, 6.07) is 5.78. The van der Waals surface area contributed by atoms with Gasteiger partial charge in [0.2, 0.25) is 21.1 Å². The Hall–Kier alpha value is -1.55. The lowest BCUT2D eigenvalue weighted by Crippen LogP contribution is -2.34. The fraction of sp³-hybridized carbons (Fsp3) is 0.438. The topological polar surface area (TPSA) is 92.3 Å². The SMILES string of the molecule is CCCCCc1nnc(NC(=O)CN(C)S(=O)(=O)c2ccc(Cl)cc2)s1. The van der Waals surface area contributed by atoms with Crippen LogP contribution in [-0.4, -0.2) is 42.4 Å². The third kappa shape index (κ3) is 5.73. The molecule has 1 N–H and O–H groups in total. The molecule has 0 fully saturated rings. The summed E-state index contributed by atoms with van der Waals surface area (Å²) in [5.41, 5.74) is 0. The van der Waals surface area contributed by atoms with Gasteiger partial charge in [-0.2, -0.15) is 4.31 Å². The minimum atomic E-state index is -3.77. The fourth-order valence-electron chi connectivity index (χ4n) is 2.16. The number of hydrogen-bond acceptors (Lipinski definition) is 6. The predicted octanol–water partition coefficient (Wildman–Crippen LogP) is 3.18. The van der Waals surface area contributed by atoms with Crippen molar-refractivity contribution in [2.24, 2.45) is 0 Å². The highest BCUT2D eigenvalue weighted by atomic mass is 35.5. The number of carbonyl (C=O) groups is 1. The average Bonchev–Trinajstić information content (AvgIpc) is 3.02. The van der Waals surface area contributed by atoms with Crippen LogP contribution in [0, 0.1) is 0 Å². The molecule has 0 spiro atoms. The highest BCUT2D eigenvalue weighted by Gasteiger charge is 2.23. The third-order valence-corrected chi connectivity index (χ3v) is 6.56. The maximum Gasteiger partial charge on any atom is 0.243 e. The Morgan fingerprint density at radius 2 is 1.92 bits per heavy atom. The van der Waals surface area contributed by atoms with E-state index in [2.05, 4.69) is 22.4 Å². The average molecular weight is 417 g/mol. The molecule has 1 aromatic carbocycles. The van der Waals surface area contributed by atoms with Crippen LogP contribution in [0.25, 0.3) is 0 Å². The molecule has 0 saturated heterocycles. The number of carbonyl (C=O) groups excluding carboxylic acids is 1. The molecular formula is C16H21ClN4O3S2. The molecular weight excluding hydrogens is 396 g/mol. The van der Waals surface area contributed by atoms with Crippen LogP contribution in [0.1, 0.15) is 31.2 Å². The Kier molecular flexibility index (Phi) is 7.51. The van der Waals surface area contributed by atoms with Crippen LogP contribution in [0.3, 0.4) is 0 Å². The molecule has 1 aromatic heterocycles. The summed E-state index contributed by atoms with van der Waals surface area (Å²) in [5, 5.41) is 12.2. The van der Waals surface area contributed by atoms with Crippen molar-refractivity contribution in [3.63, 3.8) is 0 Å². The number of amides is 1. The number of unbranched alkanes of at least 4 members (excludes halogenated alkanes) is 2. The number of hydrogen-bond donors (Lipinski definition) is 1. The lowest BCUT2D eigenvalue weighted by atomic mass is 10.2. The van der Waals surface area contributed by atoms with E-state index in [9.17, 15) is 13.2 Å². The van der Waals surface area contributed by atoms with E-state index in [1.54, 1.807) is 0 Å². The van der Waals surface area contributed by atoms with Crippen LogP contribution >= 0.6 is 22.9 Å². The van der Waals surface area contributed by atoms with Crippen molar-refractivity contribution in [3.8, 4) is 0 Å². The number of aryl methyl sites for hydroxylation is 1. The van der Waals surface area contributed by atoms with Gasteiger partial charge in [-0.15, -0.1) is 10.2 Å². The van der Waals surface area contributed by atoms with Crippen LogP contribution in [0.2, 0.25) is 5.02 Å². The summed E-state index contributed by atoms with van der Waals surface area (Å²) in [7, 11) is -2.42. The lowest BCUT2D eigenvalue weighted by molar-refractivity contribution is -0.116. The zero-order valence-electron chi connectivity index (χ0n) is 14.6. The molecule has 2 rings (SSSR count). The van der Waals surface area contributed by atoms with Crippen LogP contribution in [0.15, 0.2) is 29.2 Å². The van der Waals surface area contributed by atoms with Gasteiger partial charge in [0.25, 0.3) is 0 Å². The van der Waals surface area contributed by atoms with Gasteiger partial charge in [0, 0.05) is 18.5 Å². The maximum absolute atomic E-state index is 12.5. The van der Waals surface area contributed by atoms with E-state index in [4.69, 9.17) is 11.6 Å². The number of anilines is 1. The molecule has 142 valence electrons. The van der Waals surface area contributed by atoms with E-state index in [0.29, 0.717) is 10.2 Å². The minimum absolute atomic E-state index is 0.0753. The first kappa shape index (κ1) is 20.8. The van der Waals surface area contributed by atoms with E-state index in [-0.39, 0.29) is 11.4 Å². The van der Waals surface area contributed by atoms with Gasteiger partial charge < -0.3 is 0 Å². The molecule has 0 saturated carbocycles. The normalized spacial score (nSPS) is 11.7. The summed E-state index contributed by atoms with van der Waals surface area (Å²) in [5.74, 6) is -0.471. The van der Waals surface area contributed by atoms with Crippen molar-refractivity contribution in [2.45, 2.75) is 37.5 Å². The first-order valence-electron chi connectivity index (χ1n) is 8.17. The Morgan fingerprint density at radius 1 is 1.23 bits per heavy atom. The molecule has 1 heterocycles. The van der Waals surface area contributed by atoms with Gasteiger partial charge in [0.15, 0.2) is 0 Å². The summed E-state index contributed by atoms with van der Waals surface area (Å²) < 4.78 is 25.9. The number of likely N-dealkylation sites (N-methyl/N-ethyl adjacent to an activating group) is 1. The van der Waals surface area contributed by atoms with Crippen LogP contribution in [-0.2, 0) is 21.2 Å². The van der Waals surface area contributed by atoms with Gasteiger partial charge >= 0.3 is 0 Å². The van der Waals surface area contributed by atoms with Gasteiger partial charge in [0.05, 0.1) is 11.4 Å². The summed E-state index contributed by atoms with van der Waals surface area (Å²) >= 11 is 7.08. The number of aromatic nitrogens is 2. The van der Waals surface area contributed by atoms with Crippen molar-refractivity contribution in [1.82, 2.24) is 14.5 Å². The third-order valence-electron chi connectivity index (χ3n) is 3.60. The Labute approximate surface area is 162 Å². The molecule has 0 aliphatic heterocycles. The second-order valence-corrected chi connectivity index (χ2v) is 9.26. The highest BCUT2D eigenvalue weighted by Crippen LogP contribution is 2.19. The molecule has 7 nitrogen and oxygen atoms in total. The van der Waals surface area contributed by atoms with Gasteiger partial charge in [0.1, 0.15) is 5.01 Å². The first-order chi connectivity index (χ1) is 12.3. The smallest absolute Gasteiger partial charge is 0.243 e. The zero-order valence-corrected chi connectivity index (χ0v) is 17.0. The van der Waals surface area contributed by atoms with Gasteiger partial charge in [-0.25, -0.2) is 8.42 Å². The first-order valence-corrected chi connectivity index (χ1v) is 10.8. The number of benzene rings is 1. The van der Waals surface area contributed by atoms with E-state index >= 15 is 0 Å². The van der Waals surface area contributed by atoms with E-state index in [1.807, 2.05) is 0 Å². The zero-order chi connectivity index (χ0) is 19.2. The number of rotatable bonds is 9. The van der Waals surface area contributed by atoms with Crippen LogP contribution < -0.4 is 5.32 Å². The van der Waals surface area contributed by atoms with Crippen molar-refractivity contribution in [1.29, 1.82) is 0 Å². The van der Waals surface area contributed by atoms with Gasteiger partial charge in [-0.1, -0.05) is 42.7 Å². The van der Waals surface area contributed by atoms with Crippen LogP contribution in [0.5, 0.6) is 0 Å². The highest BCUT2D eigenvalue weighted by molar-refractivity contribution is 7.89. The number of halogens is 1. The van der Waals surface area contributed by atoms with E-state index in [0.717, 1.165) is 35.0 Å². The second-order valence-electron chi connectivity index (χ2n) is 5.72. The van der Waals surface area contributed by atoms with Crippen molar-refractivity contribution >= 4 is 44.0 Å². The van der Waals surface area contributed by atoms with Crippen molar-refractivity contribution in [2.75, 3.05) is 18.9 Å². The van der Waals surface area contributed by atoms with Crippen molar-refractivity contribution in [3.05, 3.63) is 34.3 Å². The molecule has 2 aromatic rings. The Balaban J connectivity index is 1.93. The summed E-state index contributed by atoms with van der Waals surface area (Å²) in [6.45, 7) is 1.80. The number of nitrogens with one attached hydrogen (secondary N) is 1. The molecule has 1 amide bonds. The standard InChI is InChI=1S/C16H21ClN4O3S2/c1-3-4-5-6-15-19-20-16(25-15)18-14(22)11-21(2)26(23,24)13-9-7-12(17)8-10-13/h7-10H,3-6,11H2,1-2H3,(H,18,20,22). The number of nitrogens with zero attached hydrogens (tertiary/aromatic N) is 3. The molecule has 10 heteroatoms. The fourth-order valence-corrected chi connectivity index (χ4v) is 4.21. The summed E-state index contributed by atoms with van der Waals surface area (Å²) in [6.07, 6.45) is 4.10. The molecule has 0 atom stereocenters. The van der Waals surface area contributed by atoms with E-state index < -0.39 is 15.9 Å². The molecule has 0 aliphatic rings. The monoisotopic (exact) mass is 416 g/mol. The molecule has 0 unspecified atom stereocenters. The maximum atomic E-state index is 12.5. The van der Waals surface area contributed by atoms with Crippen LogP contribution in [0.4, 0.5) is 5.13 Å². The Morgan fingerprint density at radius 3 is 2.58 bits per heavy atom. The van der Waals surface area contributed by atoms with E-state index in [1.165, 1.54) is 42.6 Å². The molecule has 0 radical (unpaired) electrons. The largest absolute Gasteiger partial charge is 0.299 e. The molecule has 0 aliphatic carbocycles. The molecule has 0 bridgehead atoms. The second kappa shape index (κ2) is 9.40. The van der Waals surface area contributed by atoms with Crippen molar-refractivity contribution < 1.29 is 13.2 Å². The molecule has 26 heavy (non-hydrogen) atoms. The summed E-state index contributed by atoms with van der Waals surface area (Å²) in [4.78, 5) is 12.2. The minimum Gasteiger partial charge on any atom is -0.299 e. The van der Waals surface area contributed by atoms with Gasteiger partial charge in [-0.3, -0.25) is 10.1 Å². The number of sulfonamides is 1. The van der Waals surface area contributed by atoms with Gasteiger partial charge in [-0.05, 0) is 30.7 Å². The quantitative estimate of drug-likeness (QED) is 0.633. The Bertz CT molecular complexity index is 837.